The summed E-state index contributed by atoms with van der Waals surface area (Å²) < 4.78 is 0. The van der Waals surface area contributed by atoms with E-state index < -0.39 is 0 Å². The molecule has 0 aliphatic rings. The second-order valence-electron chi connectivity index (χ2n) is 7.24. The highest BCUT2D eigenvalue weighted by Gasteiger charge is 2.17. The van der Waals surface area contributed by atoms with Crippen LogP contribution in [0.2, 0.25) is 0 Å². The van der Waals surface area contributed by atoms with Crippen molar-refractivity contribution in [2.45, 2.75) is 45.6 Å². The number of hydrogen-bond donors (Lipinski definition) is 2. The van der Waals surface area contributed by atoms with Gasteiger partial charge in [-0.15, -0.1) is 0 Å². The maximum Gasteiger partial charge on any atom is 0.226 e. The van der Waals surface area contributed by atoms with Crippen molar-refractivity contribution in [2.75, 3.05) is 5.32 Å². The molecule has 0 saturated carbocycles. The van der Waals surface area contributed by atoms with E-state index in [1.807, 2.05) is 54.6 Å². The van der Waals surface area contributed by atoms with E-state index in [1.54, 1.807) is 0 Å². The molecule has 0 aliphatic carbocycles. The minimum absolute atomic E-state index is 0.0757. The monoisotopic (exact) mass is 338 g/mol. The van der Waals surface area contributed by atoms with Crippen LogP contribution in [0, 0.1) is 0 Å². The Balaban J connectivity index is 2.05. The molecule has 0 saturated heterocycles. The fourth-order valence-corrected chi connectivity index (χ4v) is 2.63. The Morgan fingerprint density at radius 1 is 0.960 bits per heavy atom. The molecular formula is C21H26N2O2. The summed E-state index contributed by atoms with van der Waals surface area (Å²) in [5.41, 5.74) is 2.96. The molecule has 0 spiro atoms. The van der Waals surface area contributed by atoms with Gasteiger partial charge in [0.1, 0.15) is 0 Å². The Labute approximate surface area is 149 Å². The number of carbonyl (C=O) groups is 2. The molecule has 0 fully saturated rings. The zero-order chi connectivity index (χ0) is 18.4. The summed E-state index contributed by atoms with van der Waals surface area (Å²) in [5, 5.41) is 5.75. The SMILES string of the molecule is CC(=O)N[C@@H](CC(=O)Nc1ccc(C(C)(C)C)cc1)c1ccccc1. The zero-order valence-electron chi connectivity index (χ0n) is 15.3. The number of anilines is 1. The third-order valence-electron chi connectivity index (χ3n) is 4.00. The van der Waals surface area contributed by atoms with Gasteiger partial charge in [0.15, 0.2) is 0 Å². The molecule has 1 atom stereocenters. The molecule has 0 heterocycles. The first-order valence-corrected chi connectivity index (χ1v) is 8.48. The third kappa shape index (κ3) is 5.75. The van der Waals surface area contributed by atoms with E-state index in [1.165, 1.54) is 12.5 Å². The molecule has 132 valence electrons. The van der Waals surface area contributed by atoms with Crippen LogP contribution in [0.15, 0.2) is 54.6 Å². The van der Waals surface area contributed by atoms with E-state index in [2.05, 4.69) is 31.4 Å². The van der Waals surface area contributed by atoms with Crippen LogP contribution in [0.5, 0.6) is 0 Å². The Morgan fingerprint density at radius 3 is 2.08 bits per heavy atom. The first-order valence-electron chi connectivity index (χ1n) is 8.48. The highest BCUT2D eigenvalue weighted by molar-refractivity contribution is 5.91. The summed E-state index contributed by atoms with van der Waals surface area (Å²) in [6.45, 7) is 7.91. The standard InChI is InChI=1S/C21H26N2O2/c1-15(24)22-19(16-8-6-5-7-9-16)14-20(25)23-18-12-10-17(11-13-18)21(2,3)4/h5-13,19H,14H2,1-4H3,(H,22,24)(H,23,25)/t19-/m0/s1. The van der Waals surface area contributed by atoms with E-state index in [0.717, 1.165) is 11.3 Å². The minimum atomic E-state index is -0.340. The highest BCUT2D eigenvalue weighted by atomic mass is 16.2. The molecule has 4 nitrogen and oxygen atoms in total. The summed E-state index contributed by atoms with van der Waals surface area (Å²) in [4.78, 5) is 23.9. The fourth-order valence-electron chi connectivity index (χ4n) is 2.63. The number of hydrogen-bond acceptors (Lipinski definition) is 2. The lowest BCUT2D eigenvalue weighted by atomic mass is 9.87. The van der Waals surface area contributed by atoms with Gasteiger partial charge in [-0.3, -0.25) is 9.59 Å². The summed E-state index contributed by atoms with van der Waals surface area (Å²) in [6.07, 6.45) is 0.185. The minimum Gasteiger partial charge on any atom is -0.349 e. The van der Waals surface area contributed by atoms with Crippen molar-refractivity contribution in [3.8, 4) is 0 Å². The predicted octanol–water partition coefficient (Wildman–Crippen LogP) is 4.19. The quantitative estimate of drug-likeness (QED) is 0.859. The number of benzene rings is 2. The molecule has 0 aromatic heterocycles. The molecular weight excluding hydrogens is 312 g/mol. The van der Waals surface area contributed by atoms with Gasteiger partial charge in [-0.05, 0) is 28.7 Å². The van der Waals surface area contributed by atoms with Gasteiger partial charge < -0.3 is 10.6 Å². The average Bonchev–Trinajstić information content (AvgIpc) is 2.54. The lowest BCUT2D eigenvalue weighted by molar-refractivity contribution is -0.120. The average molecular weight is 338 g/mol. The van der Waals surface area contributed by atoms with Crippen molar-refractivity contribution < 1.29 is 9.59 Å². The molecule has 0 bridgehead atoms. The van der Waals surface area contributed by atoms with Gasteiger partial charge in [-0.2, -0.15) is 0 Å². The van der Waals surface area contributed by atoms with Crippen molar-refractivity contribution in [2.24, 2.45) is 0 Å². The Bertz CT molecular complexity index is 716. The molecule has 2 N–H and O–H groups in total. The maximum absolute atomic E-state index is 12.4. The second-order valence-corrected chi connectivity index (χ2v) is 7.24. The fraction of sp³-hybridized carbons (Fsp3) is 0.333. The number of carbonyl (C=O) groups excluding carboxylic acids is 2. The van der Waals surface area contributed by atoms with E-state index >= 15 is 0 Å². The predicted molar refractivity (Wildman–Crippen MR) is 101 cm³/mol. The van der Waals surface area contributed by atoms with Crippen molar-refractivity contribution in [3.05, 3.63) is 65.7 Å². The zero-order valence-corrected chi connectivity index (χ0v) is 15.3. The molecule has 4 heteroatoms. The second kappa shape index (κ2) is 7.97. The normalized spacial score (nSPS) is 12.3. The molecule has 25 heavy (non-hydrogen) atoms. The van der Waals surface area contributed by atoms with Gasteiger partial charge in [0.25, 0.3) is 0 Å². The van der Waals surface area contributed by atoms with E-state index in [9.17, 15) is 9.59 Å². The van der Waals surface area contributed by atoms with Crippen LogP contribution >= 0.6 is 0 Å². The lowest BCUT2D eigenvalue weighted by Crippen LogP contribution is -2.29. The molecule has 2 aromatic carbocycles. The van der Waals surface area contributed by atoms with Crippen LogP contribution in [0.4, 0.5) is 5.69 Å². The molecule has 0 radical (unpaired) electrons. The van der Waals surface area contributed by atoms with Crippen molar-refractivity contribution in [3.63, 3.8) is 0 Å². The van der Waals surface area contributed by atoms with Crippen LogP contribution in [-0.2, 0) is 15.0 Å². The highest BCUT2D eigenvalue weighted by Crippen LogP contribution is 2.24. The van der Waals surface area contributed by atoms with Crippen LogP contribution in [0.1, 0.15) is 51.3 Å². The summed E-state index contributed by atoms with van der Waals surface area (Å²) in [6, 6.07) is 17.1. The van der Waals surface area contributed by atoms with Crippen LogP contribution in [-0.4, -0.2) is 11.8 Å². The van der Waals surface area contributed by atoms with Crippen molar-refractivity contribution >= 4 is 17.5 Å². The van der Waals surface area contributed by atoms with Gasteiger partial charge >= 0.3 is 0 Å². The first-order chi connectivity index (χ1) is 11.8. The van der Waals surface area contributed by atoms with Gasteiger partial charge in [0, 0.05) is 12.6 Å². The van der Waals surface area contributed by atoms with Gasteiger partial charge in [-0.25, -0.2) is 0 Å². The van der Waals surface area contributed by atoms with Crippen molar-refractivity contribution in [1.29, 1.82) is 0 Å². The van der Waals surface area contributed by atoms with Gasteiger partial charge in [0.05, 0.1) is 12.5 Å². The summed E-state index contributed by atoms with van der Waals surface area (Å²) in [5.74, 6) is -0.290. The Morgan fingerprint density at radius 2 is 1.56 bits per heavy atom. The molecule has 2 aromatic rings. The van der Waals surface area contributed by atoms with Crippen molar-refractivity contribution in [1.82, 2.24) is 5.32 Å². The third-order valence-corrected chi connectivity index (χ3v) is 4.00. The van der Waals surface area contributed by atoms with Crippen LogP contribution in [0.25, 0.3) is 0 Å². The van der Waals surface area contributed by atoms with Crippen LogP contribution in [0.3, 0.4) is 0 Å². The lowest BCUT2D eigenvalue weighted by Gasteiger charge is -2.20. The van der Waals surface area contributed by atoms with E-state index in [-0.39, 0.29) is 29.7 Å². The molecule has 2 amide bonds. The van der Waals surface area contributed by atoms with Crippen LogP contribution < -0.4 is 10.6 Å². The Hall–Kier alpha value is -2.62. The number of nitrogens with one attached hydrogen (secondary N) is 2. The number of rotatable bonds is 5. The van der Waals surface area contributed by atoms with E-state index in [0.29, 0.717) is 0 Å². The molecule has 0 aliphatic heterocycles. The maximum atomic E-state index is 12.4. The largest absolute Gasteiger partial charge is 0.349 e. The summed E-state index contributed by atoms with van der Waals surface area (Å²) >= 11 is 0. The molecule has 0 unspecified atom stereocenters. The smallest absolute Gasteiger partial charge is 0.226 e. The first kappa shape index (κ1) is 18.7. The van der Waals surface area contributed by atoms with E-state index in [4.69, 9.17) is 0 Å². The summed E-state index contributed by atoms with van der Waals surface area (Å²) in [7, 11) is 0. The van der Waals surface area contributed by atoms with Gasteiger partial charge in [0.2, 0.25) is 11.8 Å². The Kier molecular flexibility index (Phi) is 5.97. The van der Waals surface area contributed by atoms with Gasteiger partial charge in [-0.1, -0.05) is 63.2 Å². The number of amides is 2. The molecule has 2 rings (SSSR count). The topological polar surface area (TPSA) is 58.2 Å².